The molecule has 0 saturated carbocycles. The van der Waals surface area contributed by atoms with Crippen molar-refractivity contribution in [3.8, 4) is 0 Å². The molecule has 3 aliphatic rings. The number of para-hydroxylation sites is 1. The average Bonchev–Trinajstić information content (AvgIpc) is 3.18. The Morgan fingerprint density at radius 2 is 1.83 bits per heavy atom. The molecule has 5 heteroatoms. The van der Waals surface area contributed by atoms with E-state index >= 15 is 0 Å². The van der Waals surface area contributed by atoms with E-state index in [1.807, 2.05) is 30.4 Å². The molecule has 24 heavy (non-hydrogen) atoms. The van der Waals surface area contributed by atoms with E-state index in [1.54, 1.807) is 0 Å². The molecular formula is C19H16Cl3NZr. The molecule has 1 aromatic rings. The van der Waals surface area contributed by atoms with Crippen LogP contribution in [0.15, 0.2) is 77.6 Å². The normalized spacial score (nSPS) is 18.8. The van der Waals surface area contributed by atoms with Gasteiger partial charge in [-0.05, 0) is 12.1 Å². The largest absolute Gasteiger partial charge is 4.00 e. The van der Waals surface area contributed by atoms with E-state index in [1.165, 1.54) is 5.57 Å². The number of allylic oxidation sites excluding steroid dienone is 7. The fourth-order valence-electron chi connectivity index (χ4n) is 2.47. The number of hydrogen-bond donors (Lipinski definition) is 0. The van der Waals surface area contributed by atoms with Gasteiger partial charge in [-0.2, -0.15) is 23.8 Å². The third kappa shape index (κ3) is 5.49. The Kier molecular flexibility index (Phi) is 10.9. The van der Waals surface area contributed by atoms with Gasteiger partial charge in [0.05, 0.1) is 5.50 Å². The van der Waals surface area contributed by atoms with E-state index in [-0.39, 0.29) is 56.5 Å². The summed E-state index contributed by atoms with van der Waals surface area (Å²) in [5.74, 6) is 0. The van der Waals surface area contributed by atoms with Crippen LogP contribution in [0, 0.1) is 12.2 Å². The average molecular weight is 456 g/mol. The summed E-state index contributed by atoms with van der Waals surface area (Å²) in [6, 6.07) is 10.2. The summed E-state index contributed by atoms with van der Waals surface area (Å²) >= 11 is 6.29. The van der Waals surface area contributed by atoms with Gasteiger partial charge in [0.1, 0.15) is 0 Å². The fourth-order valence-corrected chi connectivity index (χ4v) is 2.80. The minimum Gasteiger partial charge on any atom is -1.00 e. The molecule has 0 amide bonds. The van der Waals surface area contributed by atoms with Gasteiger partial charge in [0.2, 0.25) is 0 Å². The van der Waals surface area contributed by atoms with Crippen molar-refractivity contribution < 1.29 is 51.0 Å². The van der Waals surface area contributed by atoms with Crippen LogP contribution in [0.3, 0.4) is 0 Å². The smallest absolute Gasteiger partial charge is 1.00 e. The van der Waals surface area contributed by atoms with Crippen molar-refractivity contribution in [2.75, 3.05) is 4.90 Å². The van der Waals surface area contributed by atoms with Gasteiger partial charge in [-0.15, -0.1) is 29.7 Å². The van der Waals surface area contributed by atoms with Crippen LogP contribution in [0.1, 0.15) is 13.3 Å². The third-order valence-corrected chi connectivity index (χ3v) is 3.70. The number of rotatable bonds is 1. The standard InChI is InChI=1S/C14H11ClN.C5H5.2ClH.Zr/c1-10-7-11-9-14(15)16(13(11)8-10)12-5-3-2-4-6-12;1-2-4-5-3-1;;;/h2-8,14H,1H3;1-3H,4H2;2*1H;/q2*-1;;;+4/p-2. The molecule has 0 radical (unpaired) electrons. The van der Waals surface area contributed by atoms with Gasteiger partial charge >= 0.3 is 26.2 Å². The van der Waals surface area contributed by atoms with Crippen molar-refractivity contribution in [2.45, 2.75) is 18.8 Å². The molecule has 122 valence electrons. The predicted molar refractivity (Wildman–Crippen MR) is 88.7 cm³/mol. The van der Waals surface area contributed by atoms with Crippen molar-refractivity contribution in [1.82, 2.24) is 0 Å². The second kappa shape index (κ2) is 11.2. The van der Waals surface area contributed by atoms with Crippen molar-refractivity contribution in [2.24, 2.45) is 0 Å². The Hall–Kier alpha value is -0.527. The second-order valence-electron chi connectivity index (χ2n) is 5.02. The number of benzene rings is 1. The molecule has 4 rings (SSSR count). The Balaban J connectivity index is 0.000000578. The molecule has 0 spiro atoms. The van der Waals surface area contributed by atoms with Gasteiger partial charge < -0.3 is 29.7 Å². The van der Waals surface area contributed by atoms with Crippen LogP contribution in [-0.2, 0) is 26.2 Å². The van der Waals surface area contributed by atoms with E-state index in [2.05, 4.69) is 54.3 Å². The molecule has 1 nitrogen and oxygen atoms in total. The second-order valence-corrected chi connectivity index (χ2v) is 5.43. The number of alkyl halides is 1. The first-order valence-corrected chi connectivity index (χ1v) is 7.43. The zero-order valence-electron chi connectivity index (χ0n) is 13.1. The third-order valence-electron chi connectivity index (χ3n) is 3.39. The van der Waals surface area contributed by atoms with Crippen molar-refractivity contribution in [1.29, 1.82) is 0 Å². The number of anilines is 1. The maximum atomic E-state index is 6.29. The van der Waals surface area contributed by atoms with Crippen LogP contribution in [0.4, 0.5) is 5.69 Å². The maximum Gasteiger partial charge on any atom is 4.00 e. The van der Waals surface area contributed by atoms with Gasteiger partial charge in [-0.25, -0.2) is 12.2 Å². The Labute approximate surface area is 180 Å². The van der Waals surface area contributed by atoms with Crippen molar-refractivity contribution in [3.63, 3.8) is 0 Å². The monoisotopic (exact) mass is 453 g/mol. The summed E-state index contributed by atoms with van der Waals surface area (Å²) in [6.45, 7) is 2.09. The van der Waals surface area contributed by atoms with Crippen LogP contribution in [0.5, 0.6) is 0 Å². The first kappa shape index (κ1) is 23.5. The molecule has 2 aliphatic carbocycles. The van der Waals surface area contributed by atoms with E-state index in [9.17, 15) is 0 Å². The summed E-state index contributed by atoms with van der Waals surface area (Å²) in [5, 5.41) is 0. The SMILES string of the molecule is CC1=CC2=[C-]C(Cl)N(c3ccccc3)C2=C1.[C-]1=CC=CC1.[Cl-].[Cl-].[Zr+4]. The zero-order chi connectivity index (χ0) is 14.7. The van der Waals surface area contributed by atoms with Gasteiger partial charge in [0.15, 0.2) is 0 Å². The summed E-state index contributed by atoms with van der Waals surface area (Å²) in [4.78, 5) is 2.10. The van der Waals surface area contributed by atoms with Gasteiger partial charge in [-0.1, -0.05) is 30.8 Å². The Morgan fingerprint density at radius 1 is 1.12 bits per heavy atom. The minimum atomic E-state index is -0.201. The molecule has 1 heterocycles. The molecule has 0 fully saturated rings. The first-order valence-electron chi connectivity index (χ1n) is 6.99. The van der Waals surface area contributed by atoms with Crippen molar-refractivity contribution in [3.05, 3.63) is 89.7 Å². The topological polar surface area (TPSA) is 3.24 Å². The predicted octanol–water partition coefficient (Wildman–Crippen LogP) is -1.04. The first-order chi connectivity index (χ1) is 10.3. The summed E-state index contributed by atoms with van der Waals surface area (Å²) in [7, 11) is 0. The minimum absolute atomic E-state index is 0. The number of hydrogen-bond acceptors (Lipinski definition) is 1. The van der Waals surface area contributed by atoms with Gasteiger partial charge in [-0.3, -0.25) is 6.08 Å². The summed E-state index contributed by atoms with van der Waals surface area (Å²) in [5.41, 5.74) is 4.43. The number of nitrogens with zero attached hydrogens (tertiary/aromatic N) is 1. The molecule has 1 atom stereocenters. The molecule has 0 aromatic heterocycles. The molecule has 0 bridgehead atoms. The maximum absolute atomic E-state index is 6.29. The van der Waals surface area contributed by atoms with Crippen LogP contribution < -0.4 is 29.7 Å². The number of fused-ring (bicyclic) bond motifs is 1. The van der Waals surface area contributed by atoms with E-state index < -0.39 is 0 Å². The summed E-state index contributed by atoms with van der Waals surface area (Å²) in [6.07, 6.45) is 17.5. The Bertz CT molecular complexity index is 665. The quantitative estimate of drug-likeness (QED) is 0.297. The van der Waals surface area contributed by atoms with Crippen molar-refractivity contribution >= 4 is 17.3 Å². The molecule has 0 N–H and O–H groups in total. The van der Waals surface area contributed by atoms with E-state index in [0.717, 1.165) is 23.4 Å². The Morgan fingerprint density at radius 3 is 2.38 bits per heavy atom. The van der Waals surface area contributed by atoms with Gasteiger partial charge in [0, 0.05) is 5.69 Å². The molecule has 0 saturated heterocycles. The zero-order valence-corrected chi connectivity index (χ0v) is 17.9. The molecule has 1 aliphatic heterocycles. The van der Waals surface area contributed by atoms with Crippen LogP contribution in [-0.4, -0.2) is 5.50 Å². The van der Waals surface area contributed by atoms with Crippen LogP contribution >= 0.6 is 11.6 Å². The molecular weight excluding hydrogens is 440 g/mol. The van der Waals surface area contributed by atoms with E-state index in [0.29, 0.717) is 0 Å². The molecule has 1 aromatic carbocycles. The van der Waals surface area contributed by atoms with Crippen LogP contribution in [0.2, 0.25) is 0 Å². The van der Waals surface area contributed by atoms with E-state index in [4.69, 9.17) is 11.6 Å². The molecule has 1 unspecified atom stereocenters. The summed E-state index contributed by atoms with van der Waals surface area (Å²) < 4.78 is 0. The number of halogens is 3. The van der Waals surface area contributed by atoms with Crippen LogP contribution in [0.25, 0.3) is 0 Å². The fraction of sp³-hybridized carbons (Fsp3) is 0.158. The van der Waals surface area contributed by atoms with Gasteiger partial charge in [0.25, 0.3) is 0 Å².